The Morgan fingerprint density at radius 3 is 2.46 bits per heavy atom. The Morgan fingerprint density at radius 2 is 1.88 bits per heavy atom. The molecule has 0 atom stereocenters. The fourth-order valence-electron chi connectivity index (χ4n) is 2.99. The zero-order valence-corrected chi connectivity index (χ0v) is 13.6. The SMILES string of the molecule is NC(=O)c1ccc(N2CCC(OC(=O)N3CCNCC3)CC2)nc1. The molecule has 0 spiro atoms. The van der Waals surface area contributed by atoms with Gasteiger partial charge in [0.1, 0.15) is 11.9 Å². The second kappa shape index (κ2) is 7.48. The number of carbonyl (C=O) groups excluding carboxylic acids is 2. The molecule has 3 rings (SSSR count). The van der Waals surface area contributed by atoms with Crippen LogP contribution < -0.4 is 16.0 Å². The van der Waals surface area contributed by atoms with Gasteiger partial charge in [0.15, 0.2) is 0 Å². The molecule has 2 saturated heterocycles. The predicted molar refractivity (Wildman–Crippen MR) is 88.9 cm³/mol. The largest absolute Gasteiger partial charge is 0.446 e. The van der Waals surface area contributed by atoms with Crippen molar-refractivity contribution in [2.24, 2.45) is 5.73 Å². The standard InChI is InChI=1S/C16H23N5O3/c17-15(22)12-1-2-14(19-11-12)20-7-3-13(4-8-20)24-16(23)21-9-5-18-6-10-21/h1-2,11,13,18H,3-10H2,(H2,17,22). The maximum absolute atomic E-state index is 12.1. The van der Waals surface area contributed by atoms with Crippen LogP contribution in [0.25, 0.3) is 0 Å². The molecule has 0 aromatic carbocycles. The molecule has 2 aliphatic heterocycles. The molecule has 2 fully saturated rings. The predicted octanol–water partition coefficient (Wildman–Crippen LogP) is 0.191. The molecule has 0 aliphatic carbocycles. The van der Waals surface area contributed by atoms with Gasteiger partial charge in [-0.25, -0.2) is 9.78 Å². The summed E-state index contributed by atoms with van der Waals surface area (Å²) in [5.74, 6) is 0.333. The molecule has 1 aromatic rings. The molecule has 0 unspecified atom stereocenters. The topological polar surface area (TPSA) is 101 Å². The lowest BCUT2D eigenvalue weighted by molar-refractivity contribution is 0.0490. The highest BCUT2D eigenvalue weighted by Gasteiger charge is 2.26. The summed E-state index contributed by atoms with van der Waals surface area (Å²) in [6.45, 7) is 4.58. The van der Waals surface area contributed by atoms with Gasteiger partial charge >= 0.3 is 6.09 Å². The van der Waals surface area contributed by atoms with Crippen LogP contribution in [0.1, 0.15) is 23.2 Å². The third-order valence-corrected chi connectivity index (χ3v) is 4.44. The first kappa shape index (κ1) is 16.5. The number of piperidine rings is 1. The first-order valence-corrected chi connectivity index (χ1v) is 8.30. The minimum absolute atomic E-state index is 0.0477. The van der Waals surface area contributed by atoms with Gasteiger partial charge in [-0.05, 0) is 12.1 Å². The Labute approximate surface area is 140 Å². The number of nitrogens with two attached hydrogens (primary N) is 1. The highest BCUT2D eigenvalue weighted by atomic mass is 16.6. The summed E-state index contributed by atoms with van der Waals surface area (Å²) >= 11 is 0. The minimum Gasteiger partial charge on any atom is -0.446 e. The molecule has 2 aliphatic rings. The normalized spacial score (nSPS) is 19.2. The molecule has 1 aromatic heterocycles. The summed E-state index contributed by atoms with van der Waals surface area (Å²) in [4.78, 5) is 31.4. The molecular weight excluding hydrogens is 310 g/mol. The summed E-state index contributed by atoms with van der Waals surface area (Å²) in [5, 5.41) is 3.22. The summed E-state index contributed by atoms with van der Waals surface area (Å²) in [6.07, 6.45) is 2.79. The van der Waals surface area contributed by atoms with E-state index < -0.39 is 5.91 Å². The van der Waals surface area contributed by atoms with E-state index in [2.05, 4.69) is 15.2 Å². The van der Waals surface area contributed by atoms with Crippen LogP contribution in [-0.2, 0) is 4.74 Å². The van der Waals surface area contributed by atoms with Crippen molar-refractivity contribution in [3.05, 3.63) is 23.9 Å². The van der Waals surface area contributed by atoms with Crippen LogP contribution in [0.2, 0.25) is 0 Å². The fourth-order valence-corrected chi connectivity index (χ4v) is 2.99. The molecular formula is C16H23N5O3. The van der Waals surface area contributed by atoms with Crippen LogP contribution in [0.5, 0.6) is 0 Å². The second-order valence-electron chi connectivity index (χ2n) is 6.08. The number of rotatable bonds is 3. The van der Waals surface area contributed by atoms with Crippen molar-refractivity contribution in [1.82, 2.24) is 15.2 Å². The van der Waals surface area contributed by atoms with E-state index in [1.807, 2.05) is 0 Å². The molecule has 0 radical (unpaired) electrons. The molecule has 0 bridgehead atoms. The van der Waals surface area contributed by atoms with E-state index in [4.69, 9.17) is 10.5 Å². The number of nitrogens with zero attached hydrogens (tertiary/aromatic N) is 3. The molecule has 3 N–H and O–H groups in total. The zero-order chi connectivity index (χ0) is 16.9. The van der Waals surface area contributed by atoms with Gasteiger partial charge in [0, 0.05) is 58.3 Å². The van der Waals surface area contributed by atoms with Crippen LogP contribution in [0, 0.1) is 0 Å². The van der Waals surface area contributed by atoms with Crippen molar-refractivity contribution in [3.63, 3.8) is 0 Å². The fraction of sp³-hybridized carbons (Fsp3) is 0.562. The highest BCUT2D eigenvalue weighted by Crippen LogP contribution is 2.20. The first-order valence-electron chi connectivity index (χ1n) is 8.30. The van der Waals surface area contributed by atoms with Gasteiger partial charge in [-0.15, -0.1) is 0 Å². The van der Waals surface area contributed by atoms with Gasteiger partial charge in [0.25, 0.3) is 0 Å². The Bertz CT molecular complexity index is 578. The summed E-state index contributed by atoms with van der Waals surface area (Å²) in [7, 11) is 0. The van der Waals surface area contributed by atoms with Crippen molar-refractivity contribution in [2.45, 2.75) is 18.9 Å². The molecule has 24 heavy (non-hydrogen) atoms. The average Bonchev–Trinajstić information content (AvgIpc) is 2.63. The molecule has 8 heteroatoms. The number of pyridine rings is 1. The van der Waals surface area contributed by atoms with E-state index in [1.165, 1.54) is 6.20 Å². The van der Waals surface area contributed by atoms with Crippen LogP contribution in [0.3, 0.4) is 0 Å². The quantitative estimate of drug-likeness (QED) is 0.819. The average molecular weight is 333 g/mol. The van der Waals surface area contributed by atoms with E-state index in [1.54, 1.807) is 17.0 Å². The maximum Gasteiger partial charge on any atom is 0.410 e. The maximum atomic E-state index is 12.1. The molecule has 2 amide bonds. The van der Waals surface area contributed by atoms with Gasteiger partial charge in [-0.3, -0.25) is 4.79 Å². The Morgan fingerprint density at radius 1 is 1.17 bits per heavy atom. The molecule has 3 heterocycles. The molecule has 130 valence electrons. The van der Waals surface area contributed by atoms with E-state index >= 15 is 0 Å². The number of nitrogens with one attached hydrogen (secondary N) is 1. The first-order chi connectivity index (χ1) is 11.6. The number of hydrogen-bond acceptors (Lipinski definition) is 6. The molecule has 8 nitrogen and oxygen atoms in total. The summed E-state index contributed by atoms with van der Waals surface area (Å²) in [5.41, 5.74) is 5.62. The number of anilines is 1. The summed E-state index contributed by atoms with van der Waals surface area (Å²) in [6, 6.07) is 3.48. The number of primary amides is 1. The van der Waals surface area contributed by atoms with Crippen molar-refractivity contribution < 1.29 is 14.3 Å². The Hall–Kier alpha value is -2.35. The number of amides is 2. The van der Waals surface area contributed by atoms with E-state index in [9.17, 15) is 9.59 Å². The minimum atomic E-state index is -0.479. The van der Waals surface area contributed by atoms with Crippen LogP contribution in [0.4, 0.5) is 10.6 Å². The van der Waals surface area contributed by atoms with Gasteiger partial charge in [0.05, 0.1) is 5.56 Å². The van der Waals surface area contributed by atoms with Gasteiger partial charge < -0.3 is 25.6 Å². The Kier molecular flexibility index (Phi) is 5.14. The van der Waals surface area contributed by atoms with Gasteiger partial charge in [0.2, 0.25) is 5.91 Å². The van der Waals surface area contributed by atoms with E-state index in [-0.39, 0.29) is 12.2 Å². The number of hydrogen-bond donors (Lipinski definition) is 2. The number of piperazine rings is 1. The third kappa shape index (κ3) is 3.94. The third-order valence-electron chi connectivity index (χ3n) is 4.44. The van der Waals surface area contributed by atoms with Crippen LogP contribution >= 0.6 is 0 Å². The van der Waals surface area contributed by atoms with Gasteiger partial charge in [-0.2, -0.15) is 0 Å². The smallest absolute Gasteiger partial charge is 0.410 e. The van der Waals surface area contributed by atoms with E-state index in [0.717, 1.165) is 44.8 Å². The molecule has 0 saturated carbocycles. The zero-order valence-electron chi connectivity index (χ0n) is 13.6. The lowest BCUT2D eigenvalue weighted by atomic mass is 10.1. The lowest BCUT2D eigenvalue weighted by Gasteiger charge is -2.34. The van der Waals surface area contributed by atoms with Crippen molar-refractivity contribution in [3.8, 4) is 0 Å². The van der Waals surface area contributed by atoms with Crippen molar-refractivity contribution in [2.75, 3.05) is 44.2 Å². The number of aromatic nitrogens is 1. The summed E-state index contributed by atoms with van der Waals surface area (Å²) < 4.78 is 5.62. The Balaban J connectivity index is 1.48. The van der Waals surface area contributed by atoms with Gasteiger partial charge in [-0.1, -0.05) is 0 Å². The van der Waals surface area contributed by atoms with Crippen molar-refractivity contribution >= 4 is 17.8 Å². The van der Waals surface area contributed by atoms with E-state index in [0.29, 0.717) is 18.7 Å². The van der Waals surface area contributed by atoms with Crippen LogP contribution in [0.15, 0.2) is 18.3 Å². The lowest BCUT2D eigenvalue weighted by Crippen LogP contribution is -2.48. The highest BCUT2D eigenvalue weighted by molar-refractivity contribution is 5.92. The van der Waals surface area contributed by atoms with Crippen molar-refractivity contribution in [1.29, 1.82) is 0 Å². The number of ether oxygens (including phenoxy) is 1. The van der Waals surface area contributed by atoms with Crippen LogP contribution in [-0.4, -0.2) is 67.3 Å². The monoisotopic (exact) mass is 333 g/mol. The second-order valence-corrected chi connectivity index (χ2v) is 6.08. The number of carbonyl (C=O) groups is 2.